The summed E-state index contributed by atoms with van der Waals surface area (Å²) >= 11 is 12.5. The van der Waals surface area contributed by atoms with Crippen LogP contribution in [-0.4, -0.2) is 24.1 Å². The monoisotopic (exact) mass is 426 g/mol. The molecule has 2 aromatic carbocycles. The van der Waals surface area contributed by atoms with Crippen LogP contribution in [0.5, 0.6) is 0 Å². The van der Waals surface area contributed by atoms with E-state index in [9.17, 15) is 5.26 Å². The largest absolute Gasteiger partial charge is 0.393 e. The summed E-state index contributed by atoms with van der Waals surface area (Å²) in [6.45, 7) is 1.93. The number of nitrogen functional groups attached to an aromatic ring is 1. The molecule has 0 aliphatic carbocycles. The van der Waals surface area contributed by atoms with Gasteiger partial charge in [-0.2, -0.15) is 5.26 Å². The van der Waals surface area contributed by atoms with E-state index in [1.54, 1.807) is 18.2 Å². The number of aromatic nitrogens is 2. The fourth-order valence-electron chi connectivity index (χ4n) is 3.01. The Morgan fingerprint density at radius 2 is 1.83 bits per heavy atom. The minimum Gasteiger partial charge on any atom is -0.393 e. The maximum absolute atomic E-state index is 9.75. The molecule has 8 heteroatoms. The molecule has 0 saturated carbocycles. The van der Waals surface area contributed by atoms with Crippen molar-refractivity contribution in [3.8, 4) is 6.07 Å². The molecule has 0 fully saturated rings. The number of anilines is 4. The van der Waals surface area contributed by atoms with Gasteiger partial charge in [-0.05, 0) is 41.8 Å². The van der Waals surface area contributed by atoms with Crippen molar-refractivity contribution in [2.75, 3.05) is 30.0 Å². The van der Waals surface area contributed by atoms with Gasteiger partial charge < -0.3 is 16.0 Å². The molecular weight excluding hydrogens is 407 g/mol. The van der Waals surface area contributed by atoms with E-state index in [1.807, 2.05) is 44.1 Å². The third-order valence-electron chi connectivity index (χ3n) is 4.53. The van der Waals surface area contributed by atoms with Crippen molar-refractivity contribution in [3.05, 3.63) is 69.5 Å². The first-order valence-corrected chi connectivity index (χ1v) is 9.57. The molecule has 0 radical (unpaired) electrons. The van der Waals surface area contributed by atoms with Crippen LogP contribution < -0.4 is 16.0 Å². The molecule has 0 amide bonds. The van der Waals surface area contributed by atoms with Crippen molar-refractivity contribution >= 4 is 46.2 Å². The Bertz CT molecular complexity index is 1070. The number of aryl methyl sites for hydroxylation is 1. The van der Waals surface area contributed by atoms with Crippen LogP contribution in [0.2, 0.25) is 10.0 Å². The van der Waals surface area contributed by atoms with Gasteiger partial charge in [0, 0.05) is 29.8 Å². The number of nitrogens with one attached hydrogen (secondary N) is 1. The van der Waals surface area contributed by atoms with Crippen molar-refractivity contribution in [2.45, 2.75) is 12.8 Å². The summed E-state index contributed by atoms with van der Waals surface area (Å²) in [5.41, 5.74) is 9.84. The van der Waals surface area contributed by atoms with E-state index in [0.717, 1.165) is 22.4 Å². The SMILES string of the molecule is Cc1cc(C(C#N)c2ccc(Cl)cc2)c(Cl)cc1Nc1ncnc(N(C)C)c1N. The van der Waals surface area contributed by atoms with Gasteiger partial charge in [0.05, 0.1) is 12.0 Å². The molecule has 0 aliphatic rings. The first-order chi connectivity index (χ1) is 13.8. The molecule has 6 nitrogen and oxygen atoms in total. The van der Waals surface area contributed by atoms with Crippen LogP contribution in [0.25, 0.3) is 0 Å². The minimum absolute atomic E-state index is 0.438. The zero-order chi connectivity index (χ0) is 21.1. The van der Waals surface area contributed by atoms with E-state index in [4.69, 9.17) is 28.9 Å². The lowest BCUT2D eigenvalue weighted by Crippen LogP contribution is -2.14. The summed E-state index contributed by atoms with van der Waals surface area (Å²) in [7, 11) is 3.72. The normalized spacial score (nSPS) is 11.6. The van der Waals surface area contributed by atoms with Crippen molar-refractivity contribution in [3.63, 3.8) is 0 Å². The summed E-state index contributed by atoms with van der Waals surface area (Å²) in [6, 6.07) is 13.2. The second-order valence-electron chi connectivity index (χ2n) is 6.78. The standard InChI is InChI=1S/C21H20Cl2N6/c1-12-8-15(16(10-24)13-4-6-14(22)7-5-13)17(23)9-18(12)28-20-19(25)21(29(2)3)27-11-26-20/h4-9,11,16H,25H2,1-3H3,(H,26,27,28). The van der Waals surface area contributed by atoms with Crippen LogP contribution in [0, 0.1) is 18.3 Å². The van der Waals surface area contributed by atoms with E-state index in [0.29, 0.717) is 27.4 Å². The molecule has 1 atom stereocenters. The zero-order valence-electron chi connectivity index (χ0n) is 16.2. The minimum atomic E-state index is -0.503. The molecule has 29 heavy (non-hydrogen) atoms. The predicted octanol–water partition coefficient (Wildman–Crippen LogP) is 5.14. The van der Waals surface area contributed by atoms with Crippen LogP contribution >= 0.6 is 23.2 Å². The lowest BCUT2D eigenvalue weighted by molar-refractivity contribution is 1.03. The van der Waals surface area contributed by atoms with Gasteiger partial charge in [-0.1, -0.05) is 41.4 Å². The molecule has 3 rings (SSSR count). The lowest BCUT2D eigenvalue weighted by Gasteiger charge is -2.19. The molecular formula is C21H20Cl2N6. The molecule has 0 aliphatic heterocycles. The van der Waals surface area contributed by atoms with Gasteiger partial charge in [0.2, 0.25) is 0 Å². The fourth-order valence-corrected chi connectivity index (χ4v) is 3.41. The molecule has 0 bridgehead atoms. The summed E-state index contributed by atoms with van der Waals surface area (Å²) < 4.78 is 0. The third-order valence-corrected chi connectivity index (χ3v) is 5.11. The maximum atomic E-state index is 9.75. The molecule has 1 unspecified atom stereocenters. The summed E-state index contributed by atoms with van der Waals surface area (Å²) in [6.07, 6.45) is 1.45. The van der Waals surface area contributed by atoms with Gasteiger partial charge in [-0.3, -0.25) is 0 Å². The summed E-state index contributed by atoms with van der Waals surface area (Å²) in [5.74, 6) is 0.609. The number of hydrogen-bond donors (Lipinski definition) is 2. The van der Waals surface area contributed by atoms with Crippen LogP contribution in [0.4, 0.5) is 23.0 Å². The second-order valence-corrected chi connectivity index (χ2v) is 7.62. The topological polar surface area (TPSA) is 90.9 Å². The number of hydrogen-bond acceptors (Lipinski definition) is 6. The first-order valence-electron chi connectivity index (χ1n) is 8.81. The van der Waals surface area contributed by atoms with Crippen molar-refractivity contribution < 1.29 is 0 Å². The Balaban J connectivity index is 1.97. The van der Waals surface area contributed by atoms with E-state index >= 15 is 0 Å². The molecule has 0 saturated heterocycles. The Labute approximate surface area is 179 Å². The van der Waals surface area contributed by atoms with E-state index in [-0.39, 0.29) is 0 Å². The third kappa shape index (κ3) is 4.37. The highest BCUT2D eigenvalue weighted by Gasteiger charge is 2.19. The summed E-state index contributed by atoms with van der Waals surface area (Å²) in [4.78, 5) is 10.2. The highest BCUT2D eigenvalue weighted by Crippen LogP contribution is 2.36. The average molecular weight is 427 g/mol. The molecule has 3 aromatic rings. The van der Waals surface area contributed by atoms with Crippen molar-refractivity contribution in [2.24, 2.45) is 0 Å². The van der Waals surface area contributed by atoms with E-state index < -0.39 is 5.92 Å². The Kier molecular flexibility index (Phi) is 6.12. The Morgan fingerprint density at radius 1 is 1.14 bits per heavy atom. The van der Waals surface area contributed by atoms with Crippen LogP contribution in [0.15, 0.2) is 42.7 Å². The predicted molar refractivity (Wildman–Crippen MR) is 119 cm³/mol. The number of rotatable bonds is 5. The highest BCUT2D eigenvalue weighted by atomic mass is 35.5. The average Bonchev–Trinajstić information content (AvgIpc) is 2.68. The second kappa shape index (κ2) is 8.56. The zero-order valence-corrected chi connectivity index (χ0v) is 17.8. The van der Waals surface area contributed by atoms with Gasteiger partial charge in [0.15, 0.2) is 11.6 Å². The van der Waals surface area contributed by atoms with E-state index in [2.05, 4.69) is 21.4 Å². The quantitative estimate of drug-likeness (QED) is 0.586. The van der Waals surface area contributed by atoms with Gasteiger partial charge in [0.1, 0.15) is 12.0 Å². The number of nitriles is 1. The van der Waals surface area contributed by atoms with Crippen molar-refractivity contribution in [1.82, 2.24) is 9.97 Å². The molecule has 1 heterocycles. The molecule has 148 valence electrons. The van der Waals surface area contributed by atoms with Crippen LogP contribution in [-0.2, 0) is 0 Å². The number of halogens is 2. The van der Waals surface area contributed by atoms with Crippen LogP contribution in [0.3, 0.4) is 0 Å². The number of benzene rings is 2. The van der Waals surface area contributed by atoms with Crippen molar-refractivity contribution in [1.29, 1.82) is 5.26 Å². The molecule has 3 N–H and O–H groups in total. The van der Waals surface area contributed by atoms with E-state index in [1.165, 1.54) is 6.33 Å². The highest BCUT2D eigenvalue weighted by molar-refractivity contribution is 6.32. The smallest absolute Gasteiger partial charge is 0.159 e. The molecule has 1 aromatic heterocycles. The van der Waals surface area contributed by atoms with Crippen LogP contribution in [0.1, 0.15) is 22.6 Å². The summed E-state index contributed by atoms with van der Waals surface area (Å²) in [5, 5.41) is 14.1. The van der Waals surface area contributed by atoms with Gasteiger partial charge in [-0.25, -0.2) is 9.97 Å². The van der Waals surface area contributed by atoms with Gasteiger partial charge in [0.25, 0.3) is 0 Å². The Morgan fingerprint density at radius 3 is 2.45 bits per heavy atom. The maximum Gasteiger partial charge on any atom is 0.159 e. The first kappa shape index (κ1) is 20.7. The van der Waals surface area contributed by atoms with Gasteiger partial charge >= 0.3 is 0 Å². The lowest BCUT2D eigenvalue weighted by atomic mass is 9.91. The fraction of sp³-hybridized carbons (Fsp3) is 0.190. The Hall–Kier alpha value is -3.01. The molecule has 0 spiro atoms. The van der Waals surface area contributed by atoms with Gasteiger partial charge in [-0.15, -0.1) is 0 Å². The number of nitrogens with two attached hydrogens (primary N) is 1. The number of nitrogens with zero attached hydrogens (tertiary/aromatic N) is 4.